The van der Waals surface area contributed by atoms with Gasteiger partial charge in [-0.3, -0.25) is 0 Å². The van der Waals surface area contributed by atoms with Crippen molar-refractivity contribution in [3.8, 4) is 0 Å². The van der Waals surface area contributed by atoms with Gasteiger partial charge in [0.25, 0.3) is 0 Å². The third-order valence-corrected chi connectivity index (χ3v) is 2.19. The van der Waals surface area contributed by atoms with Crippen LogP contribution in [-0.4, -0.2) is 0 Å². The molecule has 0 aliphatic carbocycles. The molecule has 0 atom stereocenters. The van der Waals surface area contributed by atoms with E-state index in [4.69, 9.17) is 0 Å². The van der Waals surface area contributed by atoms with E-state index in [1.54, 1.807) is 0 Å². The van der Waals surface area contributed by atoms with Crippen molar-refractivity contribution >= 4 is 0 Å². The van der Waals surface area contributed by atoms with Gasteiger partial charge < -0.3 is 21.3 Å². The van der Waals surface area contributed by atoms with Crippen molar-refractivity contribution in [3.05, 3.63) is 55.7 Å². The van der Waals surface area contributed by atoms with Gasteiger partial charge >= 0.3 is 0 Å². The summed E-state index contributed by atoms with van der Waals surface area (Å²) in [5, 5.41) is 0. The van der Waals surface area contributed by atoms with Crippen LogP contribution >= 0.6 is 0 Å². The summed E-state index contributed by atoms with van der Waals surface area (Å²) in [6.07, 6.45) is 1.64. The minimum Gasteiger partial charge on any atom is -0.358 e. The number of aryl methyl sites for hydroxylation is 2. The van der Waals surface area contributed by atoms with E-state index in [2.05, 4.69) is 39.8 Å². The zero-order valence-corrected chi connectivity index (χ0v) is 10.9. The second-order valence-electron chi connectivity index (χ2n) is 3.09. The van der Waals surface area contributed by atoms with E-state index >= 15 is 0 Å². The Morgan fingerprint density at radius 3 is 1.71 bits per heavy atom. The Balaban J connectivity index is 0. The summed E-state index contributed by atoms with van der Waals surface area (Å²) in [5.74, 6) is 0. The fourth-order valence-corrected chi connectivity index (χ4v) is 1.40. The van der Waals surface area contributed by atoms with Gasteiger partial charge in [0.05, 0.1) is 0 Å². The van der Waals surface area contributed by atoms with Crippen LogP contribution in [0.5, 0.6) is 0 Å². The minimum atomic E-state index is 0. The number of benzene rings is 1. The third-order valence-electron chi connectivity index (χ3n) is 2.19. The molecule has 0 heterocycles. The molecule has 1 radical (unpaired) electrons. The van der Waals surface area contributed by atoms with Crippen LogP contribution < -0.4 is 0 Å². The summed E-state index contributed by atoms with van der Waals surface area (Å²) in [6.45, 7) is 12.0. The molecule has 1 heteroatoms. The van der Waals surface area contributed by atoms with Crippen LogP contribution in [-0.2, 0) is 32.3 Å². The van der Waals surface area contributed by atoms with Crippen molar-refractivity contribution in [1.82, 2.24) is 0 Å². The maximum Gasteiger partial charge on any atom is 0 e. The first-order valence-electron chi connectivity index (χ1n) is 4.28. The molecule has 1 rings (SSSR count). The Hall–Kier alpha value is -0.157. The van der Waals surface area contributed by atoms with Gasteiger partial charge in [-0.05, 0) is 0 Å². The standard InChI is InChI=1S/C12H15.CH3.Rh/c1-5-11-8-12(6-2)10(4)7-9(11)3;;/h7H,1-2,5-6H2,3-4H3;1H3;/q-3;-1;. The number of hydrogen-bond donors (Lipinski definition) is 0. The molecule has 0 unspecified atom stereocenters. The fraction of sp³-hybridized carbons (Fsp3) is 0.308. The normalized spacial score (nSPS) is 8.86. The van der Waals surface area contributed by atoms with Crippen molar-refractivity contribution < 1.29 is 19.5 Å². The van der Waals surface area contributed by atoms with Crippen molar-refractivity contribution in [2.75, 3.05) is 0 Å². The summed E-state index contributed by atoms with van der Waals surface area (Å²) in [6, 6.07) is 5.55. The molecule has 14 heavy (non-hydrogen) atoms. The van der Waals surface area contributed by atoms with Gasteiger partial charge in [0, 0.05) is 19.5 Å². The monoisotopic (exact) mass is 277 g/mol. The maximum absolute atomic E-state index is 3.87. The zero-order valence-electron chi connectivity index (χ0n) is 9.24. The van der Waals surface area contributed by atoms with Crippen molar-refractivity contribution in [2.45, 2.75) is 26.7 Å². The third kappa shape index (κ3) is 3.54. The van der Waals surface area contributed by atoms with Gasteiger partial charge in [0.2, 0.25) is 0 Å². The Kier molecular flexibility index (Phi) is 8.35. The van der Waals surface area contributed by atoms with Crippen LogP contribution in [0.15, 0.2) is 6.07 Å². The first-order valence-corrected chi connectivity index (χ1v) is 4.28. The maximum atomic E-state index is 3.87. The predicted molar refractivity (Wildman–Crippen MR) is 59.3 cm³/mol. The van der Waals surface area contributed by atoms with Gasteiger partial charge in [-0.25, -0.2) is 0 Å². The van der Waals surface area contributed by atoms with E-state index < -0.39 is 0 Å². The summed E-state index contributed by atoms with van der Waals surface area (Å²) >= 11 is 0. The molecule has 0 aromatic heterocycles. The van der Waals surface area contributed by atoms with Gasteiger partial charge in [0.15, 0.2) is 0 Å². The molecule has 0 amide bonds. The predicted octanol–water partition coefficient (Wildman–Crippen LogP) is 3.30. The van der Waals surface area contributed by atoms with E-state index in [9.17, 15) is 0 Å². The number of rotatable bonds is 2. The average Bonchev–Trinajstić information content (AvgIpc) is 2.05. The Morgan fingerprint density at radius 1 is 1.07 bits per heavy atom. The second-order valence-corrected chi connectivity index (χ2v) is 3.09. The van der Waals surface area contributed by atoms with Crippen LogP contribution in [0.2, 0.25) is 0 Å². The fourth-order valence-electron chi connectivity index (χ4n) is 1.40. The van der Waals surface area contributed by atoms with Gasteiger partial charge in [0.1, 0.15) is 0 Å². The van der Waals surface area contributed by atoms with E-state index in [-0.39, 0.29) is 26.9 Å². The van der Waals surface area contributed by atoms with Crippen LogP contribution in [0.1, 0.15) is 22.3 Å². The molecule has 83 valence electrons. The Morgan fingerprint density at radius 2 is 1.43 bits per heavy atom. The molecule has 0 N–H and O–H groups in total. The molecule has 0 aliphatic heterocycles. The second kappa shape index (κ2) is 7.18. The summed E-state index contributed by atoms with van der Waals surface area (Å²) in [4.78, 5) is 0. The molecule has 1 aromatic carbocycles. The molecule has 1 aromatic rings. The van der Waals surface area contributed by atoms with Gasteiger partial charge in [-0.15, -0.1) is 0 Å². The molecule has 0 saturated heterocycles. The number of hydrogen-bond acceptors (Lipinski definition) is 0. The topological polar surface area (TPSA) is 0 Å². The van der Waals surface area contributed by atoms with E-state index in [1.165, 1.54) is 22.3 Å². The van der Waals surface area contributed by atoms with Crippen LogP contribution in [0.25, 0.3) is 0 Å². The largest absolute Gasteiger partial charge is 0.358 e. The van der Waals surface area contributed by atoms with Crippen molar-refractivity contribution in [3.63, 3.8) is 0 Å². The molecular formula is C13H18Rh-4. The first-order chi connectivity index (χ1) is 5.69. The van der Waals surface area contributed by atoms with Crippen LogP contribution in [0.3, 0.4) is 0 Å². The molecule has 0 saturated carbocycles. The molecular weight excluding hydrogens is 259 g/mol. The minimum absolute atomic E-state index is 0. The molecule has 0 spiro atoms. The SMILES string of the molecule is [CH2-]Cc1[c-]c(C[CH2-])c(C)cc1C.[CH3-].[Rh]. The van der Waals surface area contributed by atoms with E-state index in [0.717, 1.165) is 12.8 Å². The quantitative estimate of drug-likeness (QED) is 0.574. The first kappa shape index (κ1) is 16.3. The summed E-state index contributed by atoms with van der Waals surface area (Å²) in [5.41, 5.74) is 5.03. The molecule has 0 aliphatic rings. The summed E-state index contributed by atoms with van der Waals surface area (Å²) in [7, 11) is 0. The smallest absolute Gasteiger partial charge is 0 e. The van der Waals surface area contributed by atoms with E-state index in [1.807, 2.05) is 0 Å². The Labute approximate surface area is 102 Å². The Bertz CT molecular complexity index is 252. The van der Waals surface area contributed by atoms with Crippen LogP contribution in [0.4, 0.5) is 0 Å². The molecule has 0 nitrogen and oxygen atoms in total. The van der Waals surface area contributed by atoms with E-state index in [0.29, 0.717) is 0 Å². The zero-order chi connectivity index (χ0) is 9.14. The average molecular weight is 277 g/mol. The van der Waals surface area contributed by atoms with Gasteiger partial charge in [-0.2, -0.15) is 47.2 Å². The van der Waals surface area contributed by atoms with Crippen molar-refractivity contribution in [1.29, 1.82) is 0 Å². The molecule has 0 fully saturated rings. The van der Waals surface area contributed by atoms with Crippen LogP contribution in [0, 0.1) is 41.2 Å². The van der Waals surface area contributed by atoms with Crippen molar-refractivity contribution in [2.24, 2.45) is 0 Å². The van der Waals surface area contributed by atoms with Gasteiger partial charge in [-0.1, -0.05) is 13.8 Å². The summed E-state index contributed by atoms with van der Waals surface area (Å²) < 4.78 is 0. The molecule has 0 bridgehead atoms.